The summed E-state index contributed by atoms with van der Waals surface area (Å²) >= 11 is 0. The van der Waals surface area contributed by atoms with Crippen molar-refractivity contribution in [1.29, 1.82) is 0 Å². The predicted octanol–water partition coefficient (Wildman–Crippen LogP) is 10.6. The molecule has 0 saturated heterocycles. The first kappa shape index (κ1) is 31.5. The van der Waals surface area contributed by atoms with Gasteiger partial charge in [0.25, 0.3) is 0 Å². The first-order chi connectivity index (χ1) is 26.6. The summed E-state index contributed by atoms with van der Waals surface area (Å²) in [6, 6.07) is 66.7. The second-order valence-electron chi connectivity index (χ2n) is 14.2. The van der Waals surface area contributed by atoms with Crippen LogP contribution in [0.5, 0.6) is 0 Å². The van der Waals surface area contributed by atoms with Gasteiger partial charge in [-0.05, 0) is 66.1 Å². The minimum Gasteiger partial charge on any atom is -0.309 e. The van der Waals surface area contributed by atoms with E-state index < -0.39 is 14.3 Å². The van der Waals surface area contributed by atoms with E-state index in [1.54, 1.807) is 0 Å². The highest BCUT2D eigenvalue weighted by Gasteiger charge is 2.41. The van der Waals surface area contributed by atoms with E-state index in [0.29, 0.717) is 0 Å². The molecular formula is C50H32O2P2. The molecule has 0 N–H and O–H groups in total. The lowest BCUT2D eigenvalue weighted by Crippen LogP contribution is -2.20. The quantitative estimate of drug-likeness (QED) is 0.134. The maximum Gasteiger partial charge on any atom is 0.172 e. The van der Waals surface area contributed by atoms with E-state index in [-0.39, 0.29) is 0 Å². The van der Waals surface area contributed by atoms with Crippen molar-refractivity contribution in [2.75, 3.05) is 0 Å². The number of fused-ring (bicyclic) bond motifs is 8. The summed E-state index contributed by atoms with van der Waals surface area (Å²) in [6.07, 6.45) is 0. The Labute approximate surface area is 314 Å². The molecule has 2 aliphatic heterocycles. The van der Waals surface area contributed by atoms with Gasteiger partial charge in [0.15, 0.2) is 14.3 Å². The lowest BCUT2D eigenvalue weighted by molar-refractivity contribution is 0.592. The van der Waals surface area contributed by atoms with Gasteiger partial charge in [-0.3, -0.25) is 0 Å². The van der Waals surface area contributed by atoms with E-state index >= 15 is 9.13 Å². The third-order valence-corrected chi connectivity index (χ3v) is 17.8. The Balaban J connectivity index is 1.06. The summed E-state index contributed by atoms with van der Waals surface area (Å²) in [6.45, 7) is 0. The highest BCUT2D eigenvalue weighted by molar-refractivity contribution is 7.87. The van der Waals surface area contributed by atoms with Gasteiger partial charge in [0.1, 0.15) is 0 Å². The first-order valence-electron chi connectivity index (χ1n) is 18.3. The van der Waals surface area contributed by atoms with Gasteiger partial charge in [-0.15, -0.1) is 0 Å². The van der Waals surface area contributed by atoms with Crippen LogP contribution in [0.3, 0.4) is 0 Å². The van der Waals surface area contributed by atoms with E-state index in [0.717, 1.165) is 97.9 Å². The summed E-state index contributed by atoms with van der Waals surface area (Å²) in [5.41, 5.74) is 8.72. The molecule has 2 nitrogen and oxygen atoms in total. The van der Waals surface area contributed by atoms with Crippen molar-refractivity contribution in [3.05, 3.63) is 194 Å². The molecule has 0 amide bonds. The smallest absolute Gasteiger partial charge is 0.172 e. The Morgan fingerprint density at radius 2 is 0.500 bits per heavy atom. The van der Waals surface area contributed by atoms with Gasteiger partial charge in [0.05, 0.1) is 0 Å². The van der Waals surface area contributed by atoms with Gasteiger partial charge in [-0.25, -0.2) is 0 Å². The fraction of sp³-hybridized carbons (Fsp3) is 0. The molecule has 2 aliphatic rings. The van der Waals surface area contributed by atoms with Crippen molar-refractivity contribution in [1.82, 2.24) is 0 Å². The van der Waals surface area contributed by atoms with Crippen molar-refractivity contribution in [3.8, 4) is 44.5 Å². The van der Waals surface area contributed by atoms with Crippen LogP contribution in [0.15, 0.2) is 194 Å². The summed E-state index contributed by atoms with van der Waals surface area (Å²) in [5.74, 6) is 0. The first-order valence-corrected chi connectivity index (χ1v) is 21.7. The Kier molecular flexibility index (Phi) is 6.84. The lowest BCUT2D eigenvalue weighted by Gasteiger charge is -2.20. The zero-order chi connectivity index (χ0) is 36.0. The number of hydrogen-bond acceptors (Lipinski definition) is 2. The van der Waals surface area contributed by atoms with Crippen molar-refractivity contribution in [2.45, 2.75) is 0 Å². The largest absolute Gasteiger partial charge is 0.309 e. The molecule has 4 heteroatoms. The van der Waals surface area contributed by atoms with Gasteiger partial charge < -0.3 is 9.13 Å². The highest BCUT2D eigenvalue weighted by atomic mass is 31.2. The molecule has 11 rings (SSSR count). The average molecular weight is 727 g/mol. The lowest BCUT2D eigenvalue weighted by atomic mass is 9.86. The minimum absolute atomic E-state index is 0.848. The van der Waals surface area contributed by atoms with E-state index in [4.69, 9.17) is 0 Å². The summed E-state index contributed by atoms with van der Waals surface area (Å²) in [5, 5.41) is 9.95. The molecule has 0 fully saturated rings. The van der Waals surface area contributed by atoms with E-state index in [1.807, 2.05) is 72.8 Å². The molecule has 0 atom stereocenters. The predicted molar refractivity (Wildman–Crippen MR) is 229 cm³/mol. The average Bonchev–Trinajstić information content (AvgIpc) is 3.66. The van der Waals surface area contributed by atoms with Gasteiger partial charge in [-0.1, -0.05) is 194 Å². The molecule has 0 unspecified atom stereocenters. The molecule has 0 aliphatic carbocycles. The second kappa shape index (κ2) is 11.7. The fourth-order valence-electron chi connectivity index (χ4n) is 9.15. The van der Waals surface area contributed by atoms with Crippen LogP contribution < -0.4 is 31.8 Å². The Morgan fingerprint density at radius 3 is 0.778 bits per heavy atom. The molecule has 9 aromatic rings. The monoisotopic (exact) mass is 726 g/mol. The Morgan fingerprint density at radius 1 is 0.259 bits per heavy atom. The zero-order valence-corrected chi connectivity index (χ0v) is 31.0. The zero-order valence-electron chi connectivity index (χ0n) is 29.2. The summed E-state index contributed by atoms with van der Waals surface area (Å²) in [7, 11) is -6.06. The fourth-order valence-corrected chi connectivity index (χ4v) is 15.2. The van der Waals surface area contributed by atoms with Gasteiger partial charge in [-0.2, -0.15) is 0 Å². The number of rotatable bonds is 4. The Hall–Kier alpha value is -6.04. The topological polar surface area (TPSA) is 34.1 Å². The molecule has 254 valence electrons. The third-order valence-electron chi connectivity index (χ3n) is 11.5. The number of benzene rings is 9. The van der Waals surface area contributed by atoms with Crippen LogP contribution in [0.1, 0.15) is 0 Å². The molecular weight excluding hydrogens is 694 g/mol. The SMILES string of the molecule is O=P1(c2ccc(-c3c4ccccc4c(-c4ccc(P5(=O)c6ccccc6-c6ccccc65)cc4)c4ccccc34)cc2)c2ccccc2-c2ccccc21. The van der Waals surface area contributed by atoms with Crippen molar-refractivity contribution in [3.63, 3.8) is 0 Å². The minimum atomic E-state index is -3.03. The third kappa shape index (κ3) is 4.24. The molecule has 0 aromatic heterocycles. The molecule has 54 heavy (non-hydrogen) atoms. The molecule has 0 bridgehead atoms. The van der Waals surface area contributed by atoms with Gasteiger partial charge in [0, 0.05) is 31.8 Å². The summed E-state index contributed by atoms with van der Waals surface area (Å²) in [4.78, 5) is 0. The standard InChI is InChI=1S/C50H32O2P2/c51-53(45-21-9-5-13-37(45)38-14-6-10-22-46(38)53)35-29-25-33(26-30-35)49-41-17-1-2-18-42(41)50(44-20-4-3-19-43(44)49)34-27-31-36(32-28-34)54(52)47-23-11-7-15-39(47)40-16-8-12-24-48(40)54/h1-32H. The Bertz CT molecular complexity index is 2740. The molecule has 0 radical (unpaired) electrons. The molecule has 0 saturated carbocycles. The van der Waals surface area contributed by atoms with Crippen molar-refractivity contribution >= 4 is 67.7 Å². The van der Waals surface area contributed by atoms with Crippen LogP contribution in [0, 0.1) is 0 Å². The van der Waals surface area contributed by atoms with Gasteiger partial charge in [0.2, 0.25) is 0 Å². The maximum absolute atomic E-state index is 15.2. The van der Waals surface area contributed by atoms with Crippen LogP contribution in [-0.4, -0.2) is 0 Å². The van der Waals surface area contributed by atoms with Crippen molar-refractivity contribution in [2.24, 2.45) is 0 Å². The van der Waals surface area contributed by atoms with Crippen LogP contribution >= 0.6 is 14.3 Å². The van der Waals surface area contributed by atoms with Crippen LogP contribution in [-0.2, 0) is 9.13 Å². The van der Waals surface area contributed by atoms with Crippen LogP contribution in [0.2, 0.25) is 0 Å². The van der Waals surface area contributed by atoms with Gasteiger partial charge >= 0.3 is 0 Å². The molecule has 9 aromatic carbocycles. The van der Waals surface area contributed by atoms with Crippen LogP contribution in [0.4, 0.5) is 0 Å². The van der Waals surface area contributed by atoms with Crippen molar-refractivity contribution < 1.29 is 9.13 Å². The second-order valence-corrected chi connectivity index (χ2v) is 19.6. The molecule has 2 heterocycles. The number of hydrogen-bond donors (Lipinski definition) is 0. The normalized spacial score (nSPS) is 14.4. The van der Waals surface area contributed by atoms with E-state index in [2.05, 4.69) is 121 Å². The molecule has 0 spiro atoms. The maximum atomic E-state index is 15.2. The summed E-state index contributed by atoms with van der Waals surface area (Å²) < 4.78 is 30.3. The van der Waals surface area contributed by atoms with E-state index in [1.165, 1.54) is 0 Å². The van der Waals surface area contributed by atoms with Crippen LogP contribution in [0.25, 0.3) is 66.1 Å². The highest BCUT2D eigenvalue weighted by Crippen LogP contribution is 2.54. The van der Waals surface area contributed by atoms with E-state index in [9.17, 15) is 0 Å².